The average molecular weight is 514 g/mol. The van der Waals surface area contributed by atoms with Crippen LogP contribution in [0.4, 0.5) is 5.69 Å². The van der Waals surface area contributed by atoms with E-state index in [1.54, 1.807) is 11.0 Å². The molecular weight excluding hydrogens is 474 g/mol. The third kappa shape index (κ3) is 7.32. The first-order valence-electron chi connectivity index (χ1n) is 12.8. The van der Waals surface area contributed by atoms with Crippen LogP contribution in [0, 0.1) is 13.8 Å². The number of rotatable bonds is 11. The standard InChI is InChI=1S/C28H39N3O4S/c1-5-25(28(33)29-24-13-9-10-14-24)30(18-17-23-11-7-6-8-12-23)27(32)20-31(36(4,34)35)26-19-21(2)15-16-22(26)3/h6-8,11-12,15-16,19,24-25H,5,9-10,13-14,17-18,20H2,1-4H3,(H,29,33)/t25-/m0/s1. The number of carbonyl (C=O) groups is 2. The molecule has 196 valence electrons. The van der Waals surface area contributed by atoms with E-state index in [-0.39, 0.29) is 24.4 Å². The Kier molecular flexibility index (Phi) is 9.54. The lowest BCUT2D eigenvalue weighted by Crippen LogP contribution is -2.54. The van der Waals surface area contributed by atoms with E-state index in [2.05, 4.69) is 5.32 Å². The summed E-state index contributed by atoms with van der Waals surface area (Å²) < 4.78 is 26.8. The van der Waals surface area contributed by atoms with Gasteiger partial charge in [-0.05, 0) is 62.3 Å². The van der Waals surface area contributed by atoms with Gasteiger partial charge < -0.3 is 10.2 Å². The molecule has 1 saturated carbocycles. The molecule has 0 saturated heterocycles. The Bertz CT molecular complexity index is 1140. The second kappa shape index (κ2) is 12.4. The van der Waals surface area contributed by atoms with Crippen molar-refractivity contribution in [3.05, 3.63) is 65.2 Å². The van der Waals surface area contributed by atoms with Gasteiger partial charge in [-0.3, -0.25) is 13.9 Å². The highest BCUT2D eigenvalue weighted by Gasteiger charge is 2.33. The van der Waals surface area contributed by atoms with Gasteiger partial charge in [-0.15, -0.1) is 0 Å². The quantitative estimate of drug-likeness (QED) is 0.492. The van der Waals surface area contributed by atoms with Crippen LogP contribution in [-0.4, -0.2) is 56.6 Å². The highest BCUT2D eigenvalue weighted by molar-refractivity contribution is 7.92. The second-order valence-electron chi connectivity index (χ2n) is 9.80. The predicted octanol–water partition coefficient (Wildman–Crippen LogP) is 3.98. The molecule has 3 rings (SSSR count). The van der Waals surface area contributed by atoms with Crippen molar-refractivity contribution < 1.29 is 18.0 Å². The maximum atomic E-state index is 13.8. The number of anilines is 1. The Morgan fingerprint density at radius 3 is 2.33 bits per heavy atom. The lowest BCUT2D eigenvalue weighted by Gasteiger charge is -2.33. The lowest BCUT2D eigenvalue weighted by molar-refractivity contribution is -0.139. The molecule has 0 aromatic heterocycles. The molecular formula is C28H39N3O4S. The highest BCUT2D eigenvalue weighted by Crippen LogP contribution is 2.25. The van der Waals surface area contributed by atoms with Crippen LogP contribution in [0.15, 0.2) is 48.5 Å². The summed E-state index contributed by atoms with van der Waals surface area (Å²) in [6, 6.07) is 14.8. The number of hydrogen-bond donors (Lipinski definition) is 1. The van der Waals surface area contributed by atoms with Gasteiger partial charge in [0, 0.05) is 12.6 Å². The highest BCUT2D eigenvalue weighted by atomic mass is 32.2. The molecule has 2 amide bonds. The Morgan fingerprint density at radius 2 is 1.72 bits per heavy atom. The summed E-state index contributed by atoms with van der Waals surface area (Å²) in [6.45, 7) is 5.57. The monoisotopic (exact) mass is 513 g/mol. The molecule has 7 nitrogen and oxygen atoms in total. The van der Waals surface area contributed by atoms with E-state index in [0.29, 0.717) is 25.1 Å². The fourth-order valence-electron chi connectivity index (χ4n) is 4.85. The van der Waals surface area contributed by atoms with Crippen LogP contribution in [0.1, 0.15) is 55.7 Å². The van der Waals surface area contributed by atoms with Gasteiger partial charge in [-0.1, -0.05) is 62.2 Å². The molecule has 1 fully saturated rings. The summed E-state index contributed by atoms with van der Waals surface area (Å²) in [5.41, 5.74) is 3.20. The van der Waals surface area contributed by atoms with Crippen molar-refractivity contribution in [3.63, 3.8) is 0 Å². The molecule has 1 aliphatic carbocycles. The lowest BCUT2D eigenvalue weighted by atomic mass is 10.1. The average Bonchev–Trinajstić information content (AvgIpc) is 3.34. The summed E-state index contributed by atoms with van der Waals surface area (Å²) in [4.78, 5) is 28.6. The molecule has 1 N–H and O–H groups in total. The number of amides is 2. The smallest absolute Gasteiger partial charge is 0.244 e. The van der Waals surface area contributed by atoms with Gasteiger partial charge in [0.05, 0.1) is 11.9 Å². The number of hydrogen-bond acceptors (Lipinski definition) is 4. The van der Waals surface area contributed by atoms with Crippen LogP contribution in [0.3, 0.4) is 0 Å². The minimum atomic E-state index is -3.74. The zero-order chi connectivity index (χ0) is 26.3. The molecule has 0 heterocycles. The number of carbonyl (C=O) groups excluding carboxylic acids is 2. The summed E-state index contributed by atoms with van der Waals surface area (Å²) in [6.07, 6.45) is 6.22. The molecule has 36 heavy (non-hydrogen) atoms. The van der Waals surface area contributed by atoms with E-state index >= 15 is 0 Å². The van der Waals surface area contributed by atoms with Crippen molar-refractivity contribution in [2.45, 2.75) is 71.4 Å². The number of sulfonamides is 1. The van der Waals surface area contributed by atoms with E-state index in [4.69, 9.17) is 0 Å². The molecule has 0 unspecified atom stereocenters. The first-order valence-corrected chi connectivity index (χ1v) is 14.6. The van der Waals surface area contributed by atoms with Crippen molar-refractivity contribution in [2.75, 3.05) is 23.7 Å². The van der Waals surface area contributed by atoms with Crippen molar-refractivity contribution in [1.82, 2.24) is 10.2 Å². The van der Waals surface area contributed by atoms with E-state index in [1.165, 1.54) is 0 Å². The number of nitrogens with zero attached hydrogens (tertiary/aromatic N) is 2. The van der Waals surface area contributed by atoms with E-state index in [1.807, 2.05) is 63.2 Å². The van der Waals surface area contributed by atoms with Crippen molar-refractivity contribution in [3.8, 4) is 0 Å². The number of nitrogens with one attached hydrogen (secondary N) is 1. The van der Waals surface area contributed by atoms with Crippen LogP contribution in [-0.2, 0) is 26.0 Å². The van der Waals surface area contributed by atoms with Crippen LogP contribution in [0.25, 0.3) is 0 Å². The second-order valence-corrected chi connectivity index (χ2v) is 11.7. The topological polar surface area (TPSA) is 86.8 Å². The van der Waals surface area contributed by atoms with Gasteiger partial charge in [0.25, 0.3) is 0 Å². The molecule has 0 radical (unpaired) electrons. The molecule has 8 heteroatoms. The summed E-state index contributed by atoms with van der Waals surface area (Å²) in [5, 5.41) is 3.13. The first kappa shape index (κ1) is 27.7. The Morgan fingerprint density at radius 1 is 1.06 bits per heavy atom. The van der Waals surface area contributed by atoms with Gasteiger partial charge in [0.1, 0.15) is 12.6 Å². The third-order valence-corrected chi connectivity index (χ3v) is 8.01. The van der Waals surface area contributed by atoms with Gasteiger partial charge >= 0.3 is 0 Å². The Hall–Kier alpha value is -2.87. The summed E-state index contributed by atoms with van der Waals surface area (Å²) in [5.74, 6) is -0.547. The third-order valence-electron chi connectivity index (χ3n) is 6.88. The Labute approximate surface area is 215 Å². The van der Waals surface area contributed by atoms with E-state index in [0.717, 1.165) is 52.9 Å². The van der Waals surface area contributed by atoms with Crippen LogP contribution in [0.2, 0.25) is 0 Å². The molecule has 1 aliphatic rings. The molecule has 2 aromatic rings. The van der Waals surface area contributed by atoms with Crippen LogP contribution >= 0.6 is 0 Å². The molecule has 0 aliphatic heterocycles. The fourth-order valence-corrected chi connectivity index (χ4v) is 5.75. The maximum Gasteiger partial charge on any atom is 0.244 e. The van der Waals surface area contributed by atoms with Gasteiger partial charge in [0.2, 0.25) is 21.8 Å². The minimum absolute atomic E-state index is 0.139. The van der Waals surface area contributed by atoms with Gasteiger partial charge in [0.15, 0.2) is 0 Å². The predicted molar refractivity (Wildman–Crippen MR) is 144 cm³/mol. The fraction of sp³-hybridized carbons (Fsp3) is 0.500. The van der Waals surface area contributed by atoms with Crippen LogP contribution in [0.5, 0.6) is 0 Å². The molecule has 0 spiro atoms. The molecule has 0 bridgehead atoms. The van der Waals surface area contributed by atoms with Crippen molar-refractivity contribution in [1.29, 1.82) is 0 Å². The zero-order valence-electron chi connectivity index (χ0n) is 21.9. The number of benzene rings is 2. The van der Waals surface area contributed by atoms with E-state index < -0.39 is 16.1 Å². The van der Waals surface area contributed by atoms with Gasteiger partial charge in [-0.2, -0.15) is 0 Å². The zero-order valence-corrected chi connectivity index (χ0v) is 22.7. The summed E-state index contributed by atoms with van der Waals surface area (Å²) >= 11 is 0. The summed E-state index contributed by atoms with van der Waals surface area (Å²) in [7, 11) is -3.74. The van der Waals surface area contributed by atoms with Crippen molar-refractivity contribution in [2.24, 2.45) is 0 Å². The minimum Gasteiger partial charge on any atom is -0.352 e. The number of aryl methyl sites for hydroxylation is 2. The first-order chi connectivity index (χ1) is 17.1. The molecule has 1 atom stereocenters. The normalized spacial score (nSPS) is 14.9. The maximum absolute atomic E-state index is 13.8. The van der Waals surface area contributed by atoms with E-state index in [9.17, 15) is 18.0 Å². The largest absolute Gasteiger partial charge is 0.352 e. The molecule has 2 aromatic carbocycles. The van der Waals surface area contributed by atoms with Crippen molar-refractivity contribution >= 4 is 27.5 Å². The van der Waals surface area contributed by atoms with Gasteiger partial charge in [-0.25, -0.2) is 8.42 Å². The van der Waals surface area contributed by atoms with Crippen LogP contribution < -0.4 is 9.62 Å². The Balaban J connectivity index is 1.89. The SMILES string of the molecule is CC[C@@H](C(=O)NC1CCCC1)N(CCc1ccccc1)C(=O)CN(c1cc(C)ccc1C)S(C)(=O)=O.